The van der Waals surface area contributed by atoms with Gasteiger partial charge in [0.05, 0.1) is 23.4 Å². The highest BCUT2D eigenvalue weighted by Gasteiger charge is 2.11. The Morgan fingerprint density at radius 3 is 2.41 bits per heavy atom. The molecule has 0 fully saturated rings. The van der Waals surface area contributed by atoms with Crippen LogP contribution in [0.25, 0.3) is 33.8 Å². The molecule has 4 heteroatoms. The lowest BCUT2D eigenvalue weighted by molar-refractivity contribution is 1.10. The minimum absolute atomic E-state index is 0.951. The van der Waals surface area contributed by atoms with E-state index in [1.54, 1.807) is 12.5 Å². The van der Waals surface area contributed by atoms with E-state index in [9.17, 15) is 0 Å². The average molecular weight is 286 g/mol. The molecule has 0 aliphatic heterocycles. The van der Waals surface area contributed by atoms with Gasteiger partial charge < -0.3 is 4.98 Å². The van der Waals surface area contributed by atoms with E-state index in [-0.39, 0.29) is 0 Å². The molecule has 0 saturated carbocycles. The van der Waals surface area contributed by atoms with Gasteiger partial charge in [-0.3, -0.25) is 5.10 Å². The van der Waals surface area contributed by atoms with Gasteiger partial charge in [0.1, 0.15) is 0 Å². The van der Waals surface area contributed by atoms with E-state index in [1.807, 2.05) is 30.3 Å². The quantitative estimate of drug-likeness (QED) is 0.595. The molecule has 0 spiro atoms. The van der Waals surface area contributed by atoms with Crippen LogP contribution >= 0.6 is 0 Å². The first-order valence-electron chi connectivity index (χ1n) is 7.11. The Morgan fingerprint density at radius 2 is 1.59 bits per heavy atom. The molecule has 0 radical (unpaired) electrons. The lowest BCUT2D eigenvalue weighted by atomic mass is 10.0. The second-order valence-electron chi connectivity index (χ2n) is 5.04. The van der Waals surface area contributed by atoms with E-state index in [4.69, 9.17) is 0 Å². The highest BCUT2D eigenvalue weighted by molar-refractivity contribution is 5.80. The molecule has 0 aliphatic rings. The van der Waals surface area contributed by atoms with Crippen molar-refractivity contribution < 1.29 is 0 Å². The van der Waals surface area contributed by atoms with Crippen molar-refractivity contribution in [3.63, 3.8) is 0 Å². The minimum Gasteiger partial charge on any atom is -0.344 e. The molecule has 106 valence electrons. The SMILES string of the molecule is c1ccc(-c2[nH]cnc2-c2cccc(-c3ccn[nH]3)c2)cc1. The van der Waals surface area contributed by atoms with Crippen molar-refractivity contribution >= 4 is 0 Å². The zero-order valence-corrected chi connectivity index (χ0v) is 11.8. The van der Waals surface area contributed by atoms with Crippen LogP contribution in [0.5, 0.6) is 0 Å². The summed E-state index contributed by atoms with van der Waals surface area (Å²) in [6.07, 6.45) is 3.49. The van der Waals surface area contributed by atoms with E-state index in [0.29, 0.717) is 0 Å². The fraction of sp³-hybridized carbons (Fsp3) is 0. The van der Waals surface area contributed by atoms with Crippen molar-refractivity contribution in [1.82, 2.24) is 20.2 Å². The largest absolute Gasteiger partial charge is 0.344 e. The standard InChI is InChI=1S/C18H14N4/c1-2-5-13(6-3-1)17-18(20-12-19-17)15-8-4-7-14(11-15)16-9-10-21-22-16/h1-12H,(H,19,20)(H,21,22). The maximum Gasteiger partial charge on any atom is 0.0961 e. The second kappa shape index (κ2) is 5.33. The summed E-state index contributed by atoms with van der Waals surface area (Å²) in [7, 11) is 0. The second-order valence-corrected chi connectivity index (χ2v) is 5.04. The van der Waals surface area contributed by atoms with Gasteiger partial charge in [-0.05, 0) is 12.1 Å². The number of hydrogen-bond donors (Lipinski definition) is 2. The normalized spacial score (nSPS) is 10.7. The first-order chi connectivity index (χ1) is 10.9. The number of aromatic nitrogens is 4. The van der Waals surface area contributed by atoms with E-state index in [2.05, 4.69) is 50.5 Å². The summed E-state index contributed by atoms with van der Waals surface area (Å²) in [5, 5.41) is 7.00. The number of nitrogens with one attached hydrogen (secondary N) is 2. The van der Waals surface area contributed by atoms with Gasteiger partial charge in [0.25, 0.3) is 0 Å². The molecule has 4 rings (SSSR count). The molecule has 2 N–H and O–H groups in total. The Hall–Kier alpha value is -3.14. The summed E-state index contributed by atoms with van der Waals surface area (Å²) in [6, 6.07) is 20.5. The number of aromatic amines is 2. The lowest BCUT2D eigenvalue weighted by Crippen LogP contribution is -1.85. The molecule has 22 heavy (non-hydrogen) atoms. The average Bonchev–Trinajstić information content (AvgIpc) is 3.27. The van der Waals surface area contributed by atoms with Crippen molar-refractivity contribution in [2.45, 2.75) is 0 Å². The number of H-pyrrole nitrogens is 2. The maximum absolute atomic E-state index is 4.50. The number of imidazole rings is 1. The van der Waals surface area contributed by atoms with E-state index in [1.165, 1.54) is 0 Å². The van der Waals surface area contributed by atoms with Gasteiger partial charge >= 0.3 is 0 Å². The third-order valence-electron chi connectivity index (χ3n) is 3.65. The zero-order chi connectivity index (χ0) is 14.8. The van der Waals surface area contributed by atoms with Crippen molar-refractivity contribution in [3.8, 4) is 33.8 Å². The Bertz CT molecular complexity index is 876. The van der Waals surface area contributed by atoms with Crippen LogP contribution in [0.1, 0.15) is 0 Å². The summed E-state index contributed by atoms with van der Waals surface area (Å²) in [5.74, 6) is 0. The highest BCUT2D eigenvalue weighted by Crippen LogP contribution is 2.30. The number of rotatable bonds is 3. The van der Waals surface area contributed by atoms with Crippen LogP contribution in [0, 0.1) is 0 Å². The Morgan fingerprint density at radius 1 is 0.773 bits per heavy atom. The van der Waals surface area contributed by atoms with Crippen molar-refractivity contribution in [2.24, 2.45) is 0 Å². The summed E-state index contributed by atoms with van der Waals surface area (Å²) in [6.45, 7) is 0. The Kier molecular flexibility index (Phi) is 3.05. The van der Waals surface area contributed by atoms with Crippen LogP contribution in [0.2, 0.25) is 0 Å². The summed E-state index contributed by atoms with van der Waals surface area (Å²) in [4.78, 5) is 7.75. The van der Waals surface area contributed by atoms with Crippen molar-refractivity contribution in [2.75, 3.05) is 0 Å². The van der Waals surface area contributed by atoms with Crippen LogP contribution in [0.15, 0.2) is 73.2 Å². The van der Waals surface area contributed by atoms with Crippen LogP contribution in [0.3, 0.4) is 0 Å². The van der Waals surface area contributed by atoms with E-state index in [0.717, 1.165) is 33.8 Å². The third-order valence-corrected chi connectivity index (χ3v) is 3.65. The Balaban J connectivity index is 1.81. The van der Waals surface area contributed by atoms with Gasteiger partial charge in [-0.25, -0.2) is 4.98 Å². The molecule has 0 aliphatic carbocycles. The molecule has 2 aromatic carbocycles. The minimum atomic E-state index is 0.951. The predicted molar refractivity (Wildman–Crippen MR) is 87.0 cm³/mol. The molecule has 4 nitrogen and oxygen atoms in total. The molecular weight excluding hydrogens is 272 g/mol. The lowest BCUT2D eigenvalue weighted by Gasteiger charge is -2.05. The van der Waals surface area contributed by atoms with Gasteiger partial charge in [0.2, 0.25) is 0 Å². The van der Waals surface area contributed by atoms with E-state index >= 15 is 0 Å². The van der Waals surface area contributed by atoms with Gasteiger partial charge in [-0.1, -0.05) is 48.5 Å². The first-order valence-corrected chi connectivity index (χ1v) is 7.11. The smallest absolute Gasteiger partial charge is 0.0961 e. The maximum atomic E-state index is 4.50. The molecule has 0 saturated heterocycles. The summed E-state index contributed by atoms with van der Waals surface area (Å²) in [5.41, 5.74) is 6.28. The van der Waals surface area contributed by atoms with Crippen LogP contribution in [-0.4, -0.2) is 20.2 Å². The fourth-order valence-corrected chi connectivity index (χ4v) is 2.59. The molecular formula is C18H14N4. The van der Waals surface area contributed by atoms with Gasteiger partial charge in [0, 0.05) is 22.9 Å². The first kappa shape index (κ1) is 12.6. The van der Waals surface area contributed by atoms with Gasteiger partial charge in [0.15, 0.2) is 0 Å². The third kappa shape index (κ3) is 2.20. The van der Waals surface area contributed by atoms with Crippen LogP contribution in [0.4, 0.5) is 0 Å². The molecule has 0 atom stereocenters. The molecule has 0 amide bonds. The van der Waals surface area contributed by atoms with Gasteiger partial charge in [-0.2, -0.15) is 5.10 Å². The van der Waals surface area contributed by atoms with Crippen molar-refractivity contribution in [1.29, 1.82) is 0 Å². The highest BCUT2D eigenvalue weighted by atomic mass is 15.1. The number of benzene rings is 2. The van der Waals surface area contributed by atoms with Crippen LogP contribution in [-0.2, 0) is 0 Å². The van der Waals surface area contributed by atoms with Gasteiger partial charge in [-0.15, -0.1) is 0 Å². The predicted octanol–water partition coefficient (Wildman–Crippen LogP) is 4.13. The van der Waals surface area contributed by atoms with Crippen LogP contribution < -0.4 is 0 Å². The topological polar surface area (TPSA) is 57.4 Å². The molecule has 2 heterocycles. The Labute approximate surface area is 127 Å². The summed E-state index contributed by atoms with van der Waals surface area (Å²) >= 11 is 0. The monoisotopic (exact) mass is 286 g/mol. The zero-order valence-electron chi connectivity index (χ0n) is 11.8. The van der Waals surface area contributed by atoms with E-state index < -0.39 is 0 Å². The fourth-order valence-electron chi connectivity index (χ4n) is 2.59. The van der Waals surface area contributed by atoms with Crippen molar-refractivity contribution in [3.05, 3.63) is 73.2 Å². The number of nitrogens with zero attached hydrogens (tertiary/aromatic N) is 2. The molecule has 0 bridgehead atoms. The summed E-state index contributed by atoms with van der Waals surface area (Å²) < 4.78 is 0. The molecule has 2 aromatic heterocycles. The number of hydrogen-bond acceptors (Lipinski definition) is 2. The molecule has 0 unspecified atom stereocenters. The molecule has 4 aromatic rings.